The fourth-order valence-corrected chi connectivity index (χ4v) is 3.74. The molecule has 0 radical (unpaired) electrons. The number of carboxylic acid groups (broad SMARTS) is 1. The topological polar surface area (TPSA) is 66.4 Å². The molecule has 2 aliphatic rings. The Morgan fingerprint density at radius 1 is 1.20 bits per heavy atom. The molecule has 0 aliphatic heterocycles. The molecule has 1 aromatic rings. The van der Waals surface area contributed by atoms with E-state index in [4.69, 9.17) is 5.11 Å². The monoisotopic (exact) mass is 273 g/mol. The molecule has 3 rings (SSSR count). The molecule has 2 bridgehead atoms. The first-order chi connectivity index (χ1) is 9.63. The molecular weight excluding hydrogens is 254 g/mol. The summed E-state index contributed by atoms with van der Waals surface area (Å²) in [5, 5.41) is 12.2. The first-order valence-corrected chi connectivity index (χ1v) is 7.24. The highest BCUT2D eigenvalue weighted by Gasteiger charge is 2.40. The molecule has 0 saturated heterocycles. The third-order valence-electron chi connectivity index (χ3n) is 4.68. The van der Waals surface area contributed by atoms with Gasteiger partial charge >= 0.3 is 5.97 Å². The minimum absolute atomic E-state index is 0.0590. The van der Waals surface area contributed by atoms with Gasteiger partial charge in [-0.1, -0.05) is 24.6 Å². The Balaban J connectivity index is 1.63. The summed E-state index contributed by atoms with van der Waals surface area (Å²) < 4.78 is 0. The van der Waals surface area contributed by atoms with Gasteiger partial charge in [0.2, 0.25) is 5.91 Å². The number of aromatic carboxylic acids is 1. The molecule has 2 fully saturated rings. The van der Waals surface area contributed by atoms with Crippen molar-refractivity contribution in [3.8, 4) is 0 Å². The summed E-state index contributed by atoms with van der Waals surface area (Å²) >= 11 is 0. The van der Waals surface area contributed by atoms with Gasteiger partial charge < -0.3 is 10.4 Å². The number of amides is 1. The van der Waals surface area contributed by atoms with Crippen LogP contribution in [0.15, 0.2) is 24.3 Å². The van der Waals surface area contributed by atoms with E-state index in [0.29, 0.717) is 17.5 Å². The van der Waals surface area contributed by atoms with E-state index < -0.39 is 5.97 Å². The standard InChI is InChI=1S/C16H19NO3/c18-15(17-14-8-10-5-6-12(14)7-10)9-11-3-1-2-4-13(11)16(19)20/h1-4,10,12,14H,5-9H2,(H,17,18)(H,19,20). The number of benzene rings is 1. The van der Waals surface area contributed by atoms with Crippen molar-refractivity contribution in [2.75, 3.05) is 0 Å². The lowest BCUT2D eigenvalue weighted by molar-refractivity contribution is -0.121. The maximum absolute atomic E-state index is 12.1. The quantitative estimate of drug-likeness (QED) is 0.884. The van der Waals surface area contributed by atoms with E-state index >= 15 is 0 Å². The Labute approximate surface area is 118 Å². The van der Waals surface area contributed by atoms with E-state index in [0.717, 1.165) is 12.3 Å². The van der Waals surface area contributed by atoms with E-state index in [2.05, 4.69) is 5.32 Å². The van der Waals surface area contributed by atoms with Crippen molar-refractivity contribution in [3.63, 3.8) is 0 Å². The summed E-state index contributed by atoms with van der Waals surface area (Å²) in [5.74, 6) is 0.389. The van der Waals surface area contributed by atoms with Gasteiger partial charge in [-0.2, -0.15) is 0 Å². The Morgan fingerprint density at radius 3 is 2.65 bits per heavy atom. The molecule has 3 unspecified atom stereocenters. The molecule has 4 nitrogen and oxygen atoms in total. The van der Waals surface area contributed by atoms with Crippen LogP contribution < -0.4 is 5.32 Å². The second-order valence-electron chi connectivity index (χ2n) is 5.99. The van der Waals surface area contributed by atoms with Crippen LogP contribution in [0.3, 0.4) is 0 Å². The second kappa shape index (κ2) is 5.27. The van der Waals surface area contributed by atoms with Crippen LogP contribution in [0.25, 0.3) is 0 Å². The molecule has 0 spiro atoms. The zero-order valence-corrected chi connectivity index (χ0v) is 11.3. The van der Waals surface area contributed by atoms with Gasteiger partial charge in [-0.15, -0.1) is 0 Å². The largest absolute Gasteiger partial charge is 0.478 e. The molecule has 1 amide bonds. The molecular formula is C16H19NO3. The number of carbonyl (C=O) groups excluding carboxylic acids is 1. The number of rotatable bonds is 4. The summed E-state index contributed by atoms with van der Waals surface area (Å²) in [6.45, 7) is 0. The minimum Gasteiger partial charge on any atom is -0.478 e. The summed E-state index contributed by atoms with van der Waals surface area (Å²) in [4.78, 5) is 23.2. The molecule has 4 heteroatoms. The summed E-state index contributed by atoms with van der Waals surface area (Å²) in [6, 6.07) is 7.01. The van der Waals surface area contributed by atoms with Gasteiger partial charge in [0.15, 0.2) is 0 Å². The average Bonchev–Trinajstić information content (AvgIpc) is 3.01. The average molecular weight is 273 g/mol. The van der Waals surface area contributed by atoms with Crippen molar-refractivity contribution in [2.45, 2.75) is 38.1 Å². The third kappa shape index (κ3) is 2.55. The molecule has 2 aliphatic carbocycles. The molecule has 1 aromatic carbocycles. The zero-order valence-electron chi connectivity index (χ0n) is 11.3. The van der Waals surface area contributed by atoms with Gasteiger partial charge in [0.05, 0.1) is 12.0 Å². The second-order valence-corrected chi connectivity index (χ2v) is 5.99. The summed E-state index contributed by atoms with van der Waals surface area (Å²) in [7, 11) is 0. The smallest absolute Gasteiger partial charge is 0.335 e. The Kier molecular flexibility index (Phi) is 3.47. The van der Waals surface area contributed by atoms with E-state index in [1.165, 1.54) is 19.3 Å². The molecule has 2 saturated carbocycles. The Hall–Kier alpha value is -1.84. The Morgan fingerprint density at radius 2 is 2.00 bits per heavy atom. The first kappa shape index (κ1) is 13.2. The van der Waals surface area contributed by atoms with Crippen molar-refractivity contribution >= 4 is 11.9 Å². The fraction of sp³-hybridized carbons (Fsp3) is 0.500. The first-order valence-electron chi connectivity index (χ1n) is 7.24. The van der Waals surface area contributed by atoms with E-state index in [9.17, 15) is 9.59 Å². The molecule has 2 N–H and O–H groups in total. The molecule has 3 atom stereocenters. The van der Waals surface area contributed by atoms with Gasteiger partial charge in [-0.25, -0.2) is 4.79 Å². The molecule has 0 aromatic heterocycles. The van der Waals surface area contributed by atoms with Crippen LogP contribution in [-0.2, 0) is 11.2 Å². The normalized spacial score (nSPS) is 27.5. The molecule has 106 valence electrons. The van der Waals surface area contributed by atoms with Gasteiger partial charge in [-0.3, -0.25) is 4.79 Å². The lowest BCUT2D eigenvalue weighted by atomic mass is 9.95. The van der Waals surface area contributed by atoms with Crippen molar-refractivity contribution in [3.05, 3.63) is 35.4 Å². The predicted molar refractivity (Wildman–Crippen MR) is 74.5 cm³/mol. The van der Waals surface area contributed by atoms with Crippen LogP contribution in [-0.4, -0.2) is 23.0 Å². The number of carboxylic acids is 1. The third-order valence-corrected chi connectivity index (χ3v) is 4.68. The number of hydrogen-bond acceptors (Lipinski definition) is 2. The number of hydrogen-bond donors (Lipinski definition) is 2. The predicted octanol–water partition coefficient (Wildman–Crippen LogP) is 2.23. The van der Waals surface area contributed by atoms with Crippen molar-refractivity contribution in [2.24, 2.45) is 11.8 Å². The summed E-state index contributed by atoms with van der Waals surface area (Å²) in [6.07, 6.45) is 5.02. The van der Waals surface area contributed by atoms with Crippen LogP contribution in [0.4, 0.5) is 0 Å². The van der Waals surface area contributed by atoms with Gasteiger partial charge in [0.25, 0.3) is 0 Å². The van der Waals surface area contributed by atoms with Crippen LogP contribution in [0, 0.1) is 11.8 Å². The van der Waals surface area contributed by atoms with E-state index in [1.807, 2.05) is 0 Å². The van der Waals surface area contributed by atoms with E-state index in [1.54, 1.807) is 24.3 Å². The van der Waals surface area contributed by atoms with Gasteiger partial charge in [0.1, 0.15) is 0 Å². The number of fused-ring (bicyclic) bond motifs is 2. The van der Waals surface area contributed by atoms with E-state index in [-0.39, 0.29) is 17.9 Å². The maximum atomic E-state index is 12.1. The lowest BCUT2D eigenvalue weighted by Gasteiger charge is -2.23. The summed E-state index contributed by atoms with van der Waals surface area (Å²) in [5.41, 5.74) is 0.802. The fourth-order valence-electron chi connectivity index (χ4n) is 3.74. The van der Waals surface area contributed by atoms with Crippen LogP contribution >= 0.6 is 0 Å². The zero-order chi connectivity index (χ0) is 14.1. The maximum Gasteiger partial charge on any atom is 0.335 e. The van der Waals surface area contributed by atoms with Crippen LogP contribution in [0.2, 0.25) is 0 Å². The van der Waals surface area contributed by atoms with Crippen molar-refractivity contribution in [1.29, 1.82) is 0 Å². The number of carbonyl (C=O) groups is 2. The SMILES string of the molecule is O=C(Cc1ccccc1C(=O)O)NC1CC2CCC1C2. The van der Waals surface area contributed by atoms with Crippen LogP contribution in [0.1, 0.15) is 41.6 Å². The van der Waals surface area contributed by atoms with Gasteiger partial charge in [0, 0.05) is 6.04 Å². The minimum atomic E-state index is -0.978. The lowest BCUT2D eigenvalue weighted by Crippen LogP contribution is -2.39. The highest BCUT2D eigenvalue weighted by molar-refractivity contribution is 5.91. The van der Waals surface area contributed by atoms with Crippen LogP contribution in [0.5, 0.6) is 0 Å². The molecule has 0 heterocycles. The van der Waals surface area contributed by atoms with Crippen molar-refractivity contribution < 1.29 is 14.7 Å². The Bertz CT molecular complexity index is 540. The van der Waals surface area contributed by atoms with Gasteiger partial charge in [-0.05, 0) is 42.7 Å². The highest BCUT2D eigenvalue weighted by atomic mass is 16.4. The highest BCUT2D eigenvalue weighted by Crippen LogP contribution is 2.44. The molecule has 20 heavy (non-hydrogen) atoms. The number of nitrogens with one attached hydrogen (secondary N) is 1. The van der Waals surface area contributed by atoms with Crippen molar-refractivity contribution in [1.82, 2.24) is 5.32 Å².